The number of nitrogens with one attached hydrogen (secondary N) is 3. The lowest BCUT2D eigenvalue weighted by Crippen LogP contribution is -2.42. The maximum absolute atomic E-state index is 12.8. The van der Waals surface area contributed by atoms with Crippen LogP contribution in [0.15, 0.2) is 18.2 Å². The van der Waals surface area contributed by atoms with Crippen LogP contribution in [0.3, 0.4) is 0 Å². The Morgan fingerprint density at radius 3 is 2.85 bits per heavy atom. The van der Waals surface area contributed by atoms with E-state index in [4.69, 9.17) is 0 Å². The van der Waals surface area contributed by atoms with Crippen LogP contribution >= 0.6 is 0 Å². The summed E-state index contributed by atoms with van der Waals surface area (Å²) in [6.07, 6.45) is -0.856. The van der Waals surface area contributed by atoms with Crippen LogP contribution in [-0.4, -0.2) is 50.5 Å². The van der Waals surface area contributed by atoms with Crippen molar-refractivity contribution in [2.24, 2.45) is 0 Å². The third-order valence-electron chi connectivity index (χ3n) is 5.24. The average molecular weight is 380 g/mol. The zero-order valence-electron chi connectivity index (χ0n) is 15.6. The van der Waals surface area contributed by atoms with Gasteiger partial charge >= 0.3 is 6.43 Å². The lowest BCUT2D eigenvalue weighted by molar-refractivity contribution is -0.131. The molecule has 0 bridgehead atoms. The summed E-state index contributed by atoms with van der Waals surface area (Å²) in [4.78, 5) is 25.5. The number of hydrogen-bond acceptors (Lipinski definition) is 4. The number of benzene rings is 1. The summed E-state index contributed by atoms with van der Waals surface area (Å²) < 4.78 is 24.7. The topological polar surface area (TPSA) is 73.5 Å². The van der Waals surface area contributed by atoms with Crippen LogP contribution in [-0.2, 0) is 15.0 Å². The molecule has 2 aliphatic rings. The fraction of sp³-hybridized carbons (Fsp3) is 0.579. The second kappa shape index (κ2) is 7.80. The standard InChI is InChI=1S/C19H26F2N4O2/c1-19(2)14-6-5-12(24-13-4-3-7-22-11-13)10-15(14)25(18(19)27)9-8-23-17(26)16(20)21/h5-6,10,13,16,22,24H,3-4,7-9,11H2,1-2H3,(H,23,26). The van der Waals surface area contributed by atoms with Crippen LogP contribution in [0.2, 0.25) is 0 Å². The molecular formula is C19H26F2N4O2. The third-order valence-corrected chi connectivity index (χ3v) is 5.24. The van der Waals surface area contributed by atoms with E-state index in [0.29, 0.717) is 6.04 Å². The normalized spacial score (nSPS) is 21.3. The summed E-state index contributed by atoms with van der Waals surface area (Å²) in [6, 6.07) is 6.19. The molecule has 3 rings (SSSR count). The van der Waals surface area contributed by atoms with E-state index in [0.717, 1.165) is 42.9 Å². The molecule has 1 aromatic carbocycles. The molecule has 1 unspecified atom stereocenters. The van der Waals surface area contributed by atoms with Crippen molar-refractivity contribution >= 4 is 23.2 Å². The van der Waals surface area contributed by atoms with Crippen molar-refractivity contribution in [3.05, 3.63) is 23.8 Å². The van der Waals surface area contributed by atoms with Crippen molar-refractivity contribution in [3.8, 4) is 0 Å². The Kier molecular flexibility index (Phi) is 5.64. The highest BCUT2D eigenvalue weighted by atomic mass is 19.3. The second-order valence-corrected chi connectivity index (χ2v) is 7.59. The summed E-state index contributed by atoms with van der Waals surface area (Å²) in [7, 11) is 0. The summed E-state index contributed by atoms with van der Waals surface area (Å²) >= 11 is 0. The van der Waals surface area contributed by atoms with E-state index < -0.39 is 17.7 Å². The van der Waals surface area contributed by atoms with E-state index in [9.17, 15) is 18.4 Å². The predicted molar refractivity (Wildman–Crippen MR) is 100 cm³/mol. The maximum Gasteiger partial charge on any atom is 0.315 e. The molecule has 8 heteroatoms. The van der Waals surface area contributed by atoms with Gasteiger partial charge in [0.05, 0.1) is 11.1 Å². The number of carbonyl (C=O) groups excluding carboxylic acids is 2. The van der Waals surface area contributed by atoms with Crippen molar-refractivity contribution < 1.29 is 18.4 Å². The molecule has 0 saturated carbocycles. The number of rotatable bonds is 6. The first-order valence-electron chi connectivity index (χ1n) is 9.30. The molecular weight excluding hydrogens is 354 g/mol. The Balaban J connectivity index is 1.75. The summed E-state index contributed by atoms with van der Waals surface area (Å²) in [5.41, 5.74) is 1.91. The molecule has 1 atom stereocenters. The van der Waals surface area contributed by atoms with Gasteiger partial charge in [-0.15, -0.1) is 0 Å². The Labute approximate surface area is 157 Å². The number of nitrogens with zero attached hydrogens (tertiary/aromatic N) is 1. The molecule has 2 amide bonds. The number of anilines is 2. The maximum atomic E-state index is 12.8. The van der Waals surface area contributed by atoms with Gasteiger partial charge in [-0.1, -0.05) is 6.07 Å². The number of amides is 2. The second-order valence-electron chi connectivity index (χ2n) is 7.59. The lowest BCUT2D eigenvalue weighted by Gasteiger charge is -2.25. The third kappa shape index (κ3) is 4.05. The molecule has 2 aliphatic heterocycles. The average Bonchev–Trinajstić information content (AvgIpc) is 2.82. The summed E-state index contributed by atoms with van der Waals surface area (Å²) in [5.74, 6) is -1.42. The van der Waals surface area contributed by atoms with Gasteiger partial charge in [-0.25, -0.2) is 0 Å². The number of fused-ring (bicyclic) bond motifs is 1. The van der Waals surface area contributed by atoms with E-state index in [1.54, 1.807) is 4.90 Å². The number of carbonyl (C=O) groups is 2. The van der Waals surface area contributed by atoms with Crippen LogP contribution in [0, 0.1) is 0 Å². The molecule has 2 heterocycles. The van der Waals surface area contributed by atoms with Gasteiger partial charge in [-0.05, 0) is 50.9 Å². The van der Waals surface area contributed by atoms with Crippen molar-refractivity contribution in [2.45, 2.75) is 44.6 Å². The largest absolute Gasteiger partial charge is 0.381 e. The molecule has 6 nitrogen and oxygen atoms in total. The van der Waals surface area contributed by atoms with Crippen LogP contribution < -0.4 is 20.9 Å². The van der Waals surface area contributed by atoms with Gasteiger partial charge in [0.1, 0.15) is 0 Å². The molecule has 1 fully saturated rings. The first kappa shape index (κ1) is 19.5. The quantitative estimate of drug-likeness (QED) is 0.704. The van der Waals surface area contributed by atoms with Crippen molar-refractivity contribution in [1.82, 2.24) is 10.6 Å². The van der Waals surface area contributed by atoms with E-state index in [-0.39, 0.29) is 19.0 Å². The molecule has 27 heavy (non-hydrogen) atoms. The lowest BCUT2D eigenvalue weighted by atomic mass is 9.86. The van der Waals surface area contributed by atoms with Gasteiger partial charge in [0.2, 0.25) is 5.91 Å². The van der Waals surface area contributed by atoms with Crippen LogP contribution in [0.5, 0.6) is 0 Å². The van der Waals surface area contributed by atoms with E-state index in [1.807, 2.05) is 32.0 Å². The highest BCUT2D eigenvalue weighted by Crippen LogP contribution is 2.42. The fourth-order valence-electron chi connectivity index (χ4n) is 3.74. The molecule has 0 aromatic heterocycles. The number of hydrogen-bond donors (Lipinski definition) is 3. The monoisotopic (exact) mass is 380 g/mol. The van der Waals surface area contributed by atoms with E-state index in [1.165, 1.54) is 0 Å². The van der Waals surface area contributed by atoms with Gasteiger partial charge in [0.25, 0.3) is 5.91 Å². The first-order chi connectivity index (χ1) is 12.8. The van der Waals surface area contributed by atoms with Gasteiger partial charge in [-0.3, -0.25) is 9.59 Å². The fourth-order valence-corrected chi connectivity index (χ4v) is 3.74. The Morgan fingerprint density at radius 1 is 1.41 bits per heavy atom. The van der Waals surface area contributed by atoms with Crippen LogP contribution in [0.25, 0.3) is 0 Å². The Hall–Kier alpha value is -2.22. The van der Waals surface area contributed by atoms with Crippen molar-refractivity contribution in [1.29, 1.82) is 0 Å². The molecule has 0 spiro atoms. The highest BCUT2D eigenvalue weighted by Gasteiger charge is 2.43. The minimum absolute atomic E-state index is 0.0192. The van der Waals surface area contributed by atoms with Crippen LogP contribution in [0.1, 0.15) is 32.3 Å². The number of alkyl halides is 2. The van der Waals surface area contributed by atoms with Crippen LogP contribution in [0.4, 0.5) is 20.2 Å². The highest BCUT2D eigenvalue weighted by molar-refractivity contribution is 6.08. The summed E-state index contributed by atoms with van der Waals surface area (Å²) in [6.45, 7) is 5.76. The number of halogens is 2. The Morgan fingerprint density at radius 2 is 2.19 bits per heavy atom. The van der Waals surface area contributed by atoms with Gasteiger partial charge < -0.3 is 20.9 Å². The van der Waals surface area contributed by atoms with Crippen molar-refractivity contribution in [2.75, 3.05) is 36.4 Å². The SMILES string of the molecule is CC1(C)C(=O)N(CCNC(=O)C(F)F)c2cc(NC3CCCNC3)ccc21. The summed E-state index contributed by atoms with van der Waals surface area (Å²) in [5, 5.41) is 9.01. The van der Waals surface area contributed by atoms with Gasteiger partial charge in [0, 0.05) is 31.4 Å². The Bertz CT molecular complexity index is 718. The molecule has 148 valence electrons. The minimum Gasteiger partial charge on any atom is -0.381 e. The molecule has 0 radical (unpaired) electrons. The van der Waals surface area contributed by atoms with E-state index >= 15 is 0 Å². The van der Waals surface area contributed by atoms with Gasteiger partial charge in [0.15, 0.2) is 0 Å². The molecule has 3 N–H and O–H groups in total. The smallest absolute Gasteiger partial charge is 0.315 e. The minimum atomic E-state index is -3.05. The first-order valence-corrected chi connectivity index (χ1v) is 9.30. The van der Waals surface area contributed by atoms with Gasteiger partial charge in [-0.2, -0.15) is 8.78 Å². The zero-order valence-corrected chi connectivity index (χ0v) is 15.6. The number of piperidine rings is 1. The van der Waals surface area contributed by atoms with E-state index in [2.05, 4.69) is 16.0 Å². The van der Waals surface area contributed by atoms with Crippen molar-refractivity contribution in [3.63, 3.8) is 0 Å². The predicted octanol–water partition coefficient (Wildman–Crippen LogP) is 1.86. The molecule has 0 aliphatic carbocycles. The molecule has 1 aromatic rings. The molecule has 1 saturated heterocycles. The zero-order chi connectivity index (χ0) is 19.6.